The van der Waals surface area contributed by atoms with Gasteiger partial charge in [0.1, 0.15) is 0 Å². The molecular formula is C14H19ClN4OS. The number of nitrogens with two attached hydrogens (primary N) is 1. The summed E-state index contributed by atoms with van der Waals surface area (Å²) in [5, 5.41) is 5.22. The fourth-order valence-corrected chi connectivity index (χ4v) is 2.40. The number of rotatable bonds is 5. The van der Waals surface area contributed by atoms with Crippen molar-refractivity contribution in [2.24, 2.45) is 11.7 Å². The number of halogens is 1. The van der Waals surface area contributed by atoms with Crippen LogP contribution in [0.15, 0.2) is 29.9 Å². The third-order valence-corrected chi connectivity index (χ3v) is 4.01. The Bertz CT molecular complexity index is 575. The molecule has 2 atom stereocenters. The summed E-state index contributed by atoms with van der Waals surface area (Å²) in [5.41, 5.74) is 7.62. The second-order valence-corrected chi connectivity index (χ2v) is 5.54. The van der Waals surface area contributed by atoms with E-state index in [1.807, 2.05) is 31.4 Å². The molecule has 0 aliphatic carbocycles. The van der Waals surface area contributed by atoms with Gasteiger partial charge in [0.05, 0.1) is 11.7 Å². The highest BCUT2D eigenvalue weighted by Crippen LogP contribution is 2.24. The Kier molecular flexibility index (Phi) is 6.74. The van der Waals surface area contributed by atoms with Gasteiger partial charge in [0, 0.05) is 23.3 Å². The first-order valence-corrected chi connectivity index (χ1v) is 7.42. The Morgan fingerprint density at radius 3 is 2.90 bits per heavy atom. The number of hydrogen-bond acceptors (Lipinski definition) is 5. The SMILES string of the molecule is CCC(C)C(N)C(=O)Nc1nc(-c2cccnc2)cs1.Cl. The second-order valence-electron chi connectivity index (χ2n) is 4.68. The standard InChI is InChI=1S/C14H18N4OS.ClH/c1-3-9(2)12(15)13(19)18-14-17-11(8-20-14)10-5-4-6-16-7-10;/h4-9,12H,3,15H2,1-2H3,(H,17,18,19);1H. The average molecular weight is 327 g/mol. The summed E-state index contributed by atoms with van der Waals surface area (Å²) in [6.45, 7) is 3.98. The molecule has 2 aromatic heterocycles. The number of carbonyl (C=O) groups excluding carboxylic acids is 1. The number of carbonyl (C=O) groups is 1. The van der Waals surface area contributed by atoms with Crippen LogP contribution in [-0.2, 0) is 4.79 Å². The second kappa shape index (κ2) is 8.07. The van der Waals surface area contributed by atoms with Crippen molar-refractivity contribution in [1.82, 2.24) is 9.97 Å². The number of thiazole rings is 1. The Labute approximate surface area is 134 Å². The molecule has 0 radical (unpaired) electrons. The van der Waals surface area contributed by atoms with Crippen molar-refractivity contribution in [2.45, 2.75) is 26.3 Å². The molecular weight excluding hydrogens is 308 g/mol. The van der Waals surface area contributed by atoms with E-state index >= 15 is 0 Å². The summed E-state index contributed by atoms with van der Waals surface area (Å²) in [4.78, 5) is 20.4. The highest BCUT2D eigenvalue weighted by Gasteiger charge is 2.20. The molecule has 7 heteroatoms. The van der Waals surface area contributed by atoms with Crippen LogP contribution in [0.2, 0.25) is 0 Å². The lowest BCUT2D eigenvalue weighted by atomic mass is 10.00. The van der Waals surface area contributed by atoms with Crippen LogP contribution in [-0.4, -0.2) is 21.9 Å². The zero-order valence-corrected chi connectivity index (χ0v) is 13.6. The summed E-state index contributed by atoms with van der Waals surface area (Å²) in [6, 6.07) is 3.27. The van der Waals surface area contributed by atoms with Gasteiger partial charge in [0.2, 0.25) is 5.91 Å². The van der Waals surface area contributed by atoms with Crippen molar-refractivity contribution in [3.63, 3.8) is 0 Å². The van der Waals surface area contributed by atoms with Crippen LogP contribution in [0.5, 0.6) is 0 Å². The molecule has 2 heterocycles. The van der Waals surface area contributed by atoms with Crippen molar-refractivity contribution < 1.29 is 4.79 Å². The van der Waals surface area contributed by atoms with Crippen molar-refractivity contribution in [1.29, 1.82) is 0 Å². The number of hydrogen-bond donors (Lipinski definition) is 2. The zero-order chi connectivity index (χ0) is 14.5. The number of aromatic nitrogens is 2. The molecule has 0 aromatic carbocycles. The van der Waals surface area contributed by atoms with Gasteiger partial charge in [-0.3, -0.25) is 9.78 Å². The fraction of sp³-hybridized carbons (Fsp3) is 0.357. The van der Waals surface area contributed by atoms with E-state index in [1.165, 1.54) is 11.3 Å². The molecule has 0 spiro atoms. The molecule has 0 saturated carbocycles. The molecule has 5 nitrogen and oxygen atoms in total. The van der Waals surface area contributed by atoms with Crippen molar-refractivity contribution in [3.8, 4) is 11.3 Å². The normalized spacial score (nSPS) is 13.1. The van der Waals surface area contributed by atoms with Gasteiger partial charge in [-0.25, -0.2) is 4.98 Å². The molecule has 0 fully saturated rings. The number of nitrogens with one attached hydrogen (secondary N) is 1. The molecule has 2 rings (SSSR count). The molecule has 0 bridgehead atoms. The van der Waals surface area contributed by atoms with Crippen LogP contribution < -0.4 is 11.1 Å². The Balaban J connectivity index is 0.00000220. The van der Waals surface area contributed by atoms with Gasteiger partial charge in [0.15, 0.2) is 5.13 Å². The Hall–Kier alpha value is -1.50. The van der Waals surface area contributed by atoms with E-state index < -0.39 is 6.04 Å². The van der Waals surface area contributed by atoms with Gasteiger partial charge in [0.25, 0.3) is 0 Å². The molecule has 0 aliphatic heterocycles. The minimum Gasteiger partial charge on any atom is -0.320 e. The lowest BCUT2D eigenvalue weighted by Crippen LogP contribution is -2.40. The number of amides is 1. The van der Waals surface area contributed by atoms with Crippen molar-refractivity contribution in [2.75, 3.05) is 5.32 Å². The highest BCUT2D eigenvalue weighted by molar-refractivity contribution is 7.14. The number of pyridine rings is 1. The van der Waals surface area contributed by atoms with E-state index in [4.69, 9.17) is 5.73 Å². The maximum Gasteiger partial charge on any atom is 0.243 e. The van der Waals surface area contributed by atoms with Gasteiger partial charge in [-0.1, -0.05) is 20.3 Å². The molecule has 2 unspecified atom stereocenters. The lowest BCUT2D eigenvalue weighted by molar-refractivity contribution is -0.118. The van der Waals surface area contributed by atoms with Gasteiger partial charge in [-0.05, 0) is 18.1 Å². The Morgan fingerprint density at radius 2 is 2.29 bits per heavy atom. The predicted octanol–water partition coefficient (Wildman–Crippen LogP) is 2.94. The molecule has 2 aromatic rings. The first-order valence-electron chi connectivity index (χ1n) is 6.54. The lowest BCUT2D eigenvalue weighted by Gasteiger charge is -2.16. The average Bonchev–Trinajstić information content (AvgIpc) is 2.95. The third-order valence-electron chi connectivity index (χ3n) is 3.25. The monoisotopic (exact) mass is 326 g/mol. The predicted molar refractivity (Wildman–Crippen MR) is 88.7 cm³/mol. The first-order chi connectivity index (χ1) is 9.61. The van der Waals surface area contributed by atoms with E-state index in [0.29, 0.717) is 5.13 Å². The summed E-state index contributed by atoms with van der Waals surface area (Å²) in [7, 11) is 0. The van der Waals surface area contributed by atoms with Gasteiger partial charge < -0.3 is 11.1 Å². The quantitative estimate of drug-likeness (QED) is 0.885. The van der Waals surface area contributed by atoms with Crippen LogP contribution in [0, 0.1) is 5.92 Å². The van der Waals surface area contributed by atoms with Crippen LogP contribution >= 0.6 is 23.7 Å². The Morgan fingerprint density at radius 1 is 1.52 bits per heavy atom. The summed E-state index contributed by atoms with van der Waals surface area (Å²) in [6.07, 6.45) is 4.32. The van der Waals surface area contributed by atoms with E-state index in [0.717, 1.165) is 17.7 Å². The van der Waals surface area contributed by atoms with Gasteiger partial charge in [-0.2, -0.15) is 0 Å². The fourth-order valence-electron chi connectivity index (χ4n) is 1.68. The zero-order valence-electron chi connectivity index (χ0n) is 11.9. The van der Waals surface area contributed by atoms with E-state index in [1.54, 1.807) is 12.4 Å². The molecule has 0 saturated heterocycles. The molecule has 21 heavy (non-hydrogen) atoms. The molecule has 1 amide bonds. The first kappa shape index (κ1) is 17.6. The number of nitrogens with zero attached hydrogens (tertiary/aromatic N) is 2. The van der Waals surface area contributed by atoms with Gasteiger partial charge in [-0.15, -0.1) is 23.7 Å². The summed E-state index contributed by atoms with van der Waals surface area (Å²) in [5.74, 6) is -0.0424. The van der Waals surface area contributed by atoms with E-state index in [-0.39, 0.29) is 24.2 Å². The minimum atomic E-state index is -0.509. The topological polar surface area (TPSA) is 80.9 Å². The molecule has 0 aliphatic rings. The van der Waals surface area contributed by atoms with Crippen LogP contribution in [0.25, 0.3) is 11.3 Å². The van der Waals surface area contributed by atoms with Crippen LogP contribution in [0.1, 0.15) is 20.3 Å². The van der Waals surface area contributed by atoms with Crippen molar-refractivity contribution >= 4 is 34.8 Å². The maximum atomic E-state index is 12.0. The third kappa shape index (κ3) is 4.49. The van der Waals surface area contributed by atoms with Crippen LogP contribution in [0.4, 0.5) is 5.13 Å². The highest BCUT2D eigenvalue weighted by atomic mass is 35.5. The van der Waals surface area contributed by atoms with Gasteiger partial charge >= 0.3 is 0 Å². The van der Waals surface area contributed by atoms with Crippen molar-refractivity contribution in [3.05, 3.63) is 29.9 Å². The summed E-state index contributed by atoms with van der Waals surface area (Å²) >= 11 is 1.38. The molecule has 3 N–H and O–H groups in total. The smallest absolute Gasteiger partial charge is 0.243 e. The molecule has 114 valence electrons. The maximum absolute atomic E-state index is 12.0. The largest absolute Gasteiger partial charge is 0.320 e. The van der Waals surface area contributed by atoms with Crippen LogP contribution in [0.3, 0.4) is 0 Å². The summed E-state index contributed by atoms with van der Waals surface area (Å²) < 4.78 is 0. The number of anilines is 1. The van der Waals surface area contributed by atoms with E-state index in [9.17, 15) is 4.79 Å². The minimum absolute atomic E-state index is 0. The van der Waals surface area contributed by atoms with E-state index in [2.05, 4.69) is 15.3 Å².